The van der Waals surface area contributed by atoms with Crippen molar-refractivity contribution in [2.45, 2.75) is 57.5 Å². The van der Waals surface area contributed by atoms with Crippen molar-refractivity contribution in [1.82, 2.24) is 14.7 Å². The summed E-state index contributed by atoms with van der Waals surface area (Å²) in [5, 5.41) is 1.96. The fraction of sp³-hybridized carbons (Fsp3) is 0.667. The number of thiophene rings is 1. The van der Waals surface area contributed by atoms with Gasteiger partial charge in [-0.3, -0.25) is 14.4 Å². The predicted octanol–water partition coefficient (Wildman–Crippen LogP) is 2.14. The van der Waals surface area contributed by atoms with Crippen molar-refractivity contribution in [1.29, 1.82) is 0 Å². The summed E-state index contributed by atoms with van der Waals surface area (Å²) < 4.78 is 0. The molecule has 1 aromatic heterocycles. The van der Waals surface area contributed by atoms with Gasteiger partial charge in [0.25, 0.3) is 0 Å². The van der Waals surface area contributed by atoms with E-state index in [2.05, 4.69) is 6.92 Å². The molecule has 28 heavy (non-hydrogen) atoms. The van der Waals surface area contributed by atoms with Crippen LogP contribution in [-0.2, 0) is 20.8 Å². The second-order valence-electron chi connectivity index (χ2n) is 8.19. The summed E-state index contributed by atoms with van der Waals surface area (Å²) in [6.07, 6.45) is 5.17. The Kier molecular flexibility index (Phi) is 5.71. The van der Waals surface area contributed by atoms with Crippen LogP contribution in [0.3, 0.4) is 0 Å². The van der Waals surface area contributed by atoms with E-state index < -0.39 is 0 Å². The molecule has 3 aliphatic rings. The van der Waals surface area contributed by atoms with Crippen LogP contribution < -0.4 is 0 Å². The molecular formula is C21H29N3O3S. The number of piperidine rings is 1. The number of fused-ring (bicyclic) bond motifs is 1. The highest BCUT2D eigenvalue weighted by molar-refractivity contribution is 7.10. The van der Waals surface area contributed by atoms with E-state index in [0.717, 1.165) is 37.2 Å². The highest BCUT2D eigenvalue weighted by Crippen LogP contribution is 2.36. The Morgan fingerprint density at radius 2 is 1.96 bits per heavy atom. The molecule has 152 valence electrons. The molecule has 4 heterocycles. The lowest BCUT2D eigenvalue weighted by molar-refractivity contribution is -0.149. The Labute approximate surface area is 170 Å². The van der Waals surface area contributed by atoms with Gasteiger partial charge in [0.2, 0.25) is 17.7 Å². The smallest absolute Gasteiger partial charge is 0.242 e. The second kappa shape index (κ2) is 8.23. The fourth-order valence-electron chi connectivity index (χ4n) is 5.10. The van der Waals surface area contributed by atoms with Crippen molar-refractivity contribution < 1.29 is 14.4 Å². The molecule has 6 nitrogen and oxygen atoms in total. The van der Waals surface area contributed by atoms with E-state index in [-0.39, 0.29) is 42.3 Å². The van der Waals surface area contributed by atoms with Crippen LogP contribution in [0.25, 0.3) is 0 Å². The van der Waals surface area contributed by atoms with Gasteiger partial charge in [0, 0.05) is 30.6 Å². The number of carbonyl (C=O) groups is 3. The first-order valence-electron chi connectivity index (χ1n) is 10.5. The van der Waals surface area contributed by atoms with Gasteiger partial charge < -0.3 is 14.7 Å². The van der Waals surface area contributed by atoms with Crippen LogP contribution in [0.1, 0.15) is 43.9 Å². The summed E-state index contributed by atoms with van der Waals surface area (Å²) in [7, 11) is 0. The first kappa shape index (κ1) is 19.4. The van der Waals surface area contributed by atoms with Gasteiger partial charge in [-0.1, -0.05) is 13.0 Å². The van der Waals surface area contributed by atoms with E-state index in [9.17, 15) is 14.4 Å². The van der Waals surface area contributed by atoms with Crippen LogP contribution in [0.5, 0.6) is 0 Å². The predicted molar refractivity (Wildman–Crippen MR) is 108 cm³/mol. The first-order valence-corrected chi connectivity index (χ1v) is 11.4. The molecule has 0 spiro atoms. The summed E-state index contributed by atoms with van der Waals surface area (Å²) in [4.78, 5) is 45.4. The third-order valence-corrected chi connectivity index (χ3v) is 7.32. The van der Waals surface area contributed by atoms with Crippen LogP contribution in [0.4, 0.5) is 0 Å². The maximum Gasteiger partial charge on any atom is 0.242 e. The zero-order chi connectivity index (χ0) is 19.7. The Morgan fingerprint density at radius 3 is 2.64 bits per heavy atom. The lowest BCUT2D eigenvalue weighted by Gasteiger charge is -2.40. The zero-order valence-corrected chi connectivity index (χ0v) is 17.3. The van der Waals surface area contributed by atoms with Crippen LogP contribution in [0.2, 0.25) is 0 Å². The van der Waals surface area contributed by atoms with Crippen LogP contribution >= 0.6 is 11.3 Å². The number of likely N-dealkylation sites (tertiary alicyclic amines) is 1. The molecule has 3 fully saturated rings. The second-order valence-corrected chi connectivity index (χ2v) is 9.22. The number of hydrogen-bond acceptors (Lipinski definition) is 4. The van der Waals surface area contributed by atoms with Gasteiger partial charge in [0.1, 0.15) is 0 Å². The van der Waals surface area contributed by atoms with Gasteiger partial charge in [0.15, 0.2) is 0 Å². The molecule has 3 saturated heterocycles. The lowest BCUT2D eigenvalue weighted by Crippen LogP contribution is -2.58. The molecule has 0 unspecified atom stereocenters. The Bertz CT molecular complexity index is 729. The molecule has 3 atom stereocenters. The average Bonchev–Trinajstić information content (AvgIpc) is 3.35. The van der Waals surface area contributed by atoms with Crippen LogP contribution in [0, 0.1) is 5.92 Å². The maximum absolute atomic E-state index is 13.2. The highest BCUT2D eigenvalue weighted by Gasteiger charge is 2.50. The van der Waals surface area contributed by atoms with E-state index in [1.807, 2.05) is 27.3 Å². The topological polar surface area (TPSA) is 60.9 Å². The summed E-state index contributed by atoms with van der Waals surface area (Å²) >= 11 is 1.57. The maximum atomic E-state index is 13.2. The van der Waals surface area contributed by atoms with Crippen molar-refractivity contribution in [2.75, 3.05) is 26.2 Å². The van der Waals surface area contributed by atoms with Crippen molar-refractivity contribution >= 4 is 29.1 Å². The number of amides is 3. The minimum Gasteiger partial charge on any atom is -0.342 e. The lowest BCUT2D eigenvalue weighted by atomic mass is 9.94. The number of nitrogens with zero attached hydrogens (tertiary/aromatic N) is 3. The molecule has 4 rings (SSSR count). The third kappa shape index (κ3) is 3.69. The van der Waals surface area contributed by atoms with Gasteiger partial charge in [0.05, 0.1) is 24.9 Å². The number of piperazine rings is 1. The SMILES string of the molecule is CC[C@@H]1[C@H](C(=O)N2CCCCC2)C[C@@H]2CN(C(=O)Cc3cccs3)CC(=O)N21. The van der Waals surface area contributed by atoms with E-state index in [0.29, 0.717) is 19.4 Å². The van der Waals surface area contributed by atoms with E-state index in [1.165, 1.54) is 6.42 Å². The molecular weight excluding hydrogens is 374 g/mol. The monoisotopic (exact) mass is 403 g/mol. The molecule has 3 aliphatic heterocycles. The minimum atomic E-state index is -0.121. The molecule has 3 amide bonds. The Morgan fingerprint density at radius 1 is 1.18 bits per heavy atom. The quantitative estimate of drug-likeness (QED) is 0.774. The van der Waals surface area contributed by atoms with E-state index in [1.54, 1.807) is 16.2 Å². The Hall–Kier alpha value is -1.89. The van der Waals surface area contributed by atoms with Crippen molar-refractivity contribution in [2.24, 2.45) is 5.92 Å². The molecule has 0 bridgehead atoms. The molecule has 1 aromatic rings. The first-order chi connectivity index (χ1) is 13.6. The summed E-state index contributed by atoms with van der Waals surface area (Å²) in [6.45, 7) is 4.44. The van der Waals surface area contributed by atoms with Crippen LogP contribution in [-0.4, -0.2) is 70.7 Å². The van der Waals surface area contributed by atoms with Crippen molar-refractivity contribution in [3.05, 3.63) is 22.4 Å². The van der Waals surface area contributed by atoms with Crippen molar-refractivity contribution in [3.8, 4) is 0 Å². The summed E-state index contributed by atoms with van der Waals surface area (Å²) in [6, 6.07) is 3.84. The van der Waals surface area contributed by atoms with Gasteiger partial charge in [-0.15, -0.1) is 11.3 Å². The van der Waals surface area contributed by atoms with Gasteiger partial charge in [-0.2, -0.15) is 0 Å². The molecule has 0 saturated carbocycles. The largest absolute Gasteiger partial charge is 0.342 e. The standard InChI is InChI=1S/C21H29N3O3S/c1-2-18-17(21(27)22-8-4-3-5-9-22)11-15-13-23(14-20(26)24(15)18)19(25)12-16-7-6-10-28-16/h6-7,10,15,17-18H,2-5,8-9,11-14H2,1H3/t15-,17-,18-/m1/s1. The molecule has 0 N–H and O–H groups in total. The van der Waals surface area contributed by atoms with Crippen molar-refractivity contribution in [3.63, 3.8) is 0 Å². The van der Waals surface area contributed by atoms with Gasteiger partial charge in [-0.05, 0) is 43.6 Å². The summed E-state index contributed by atoms with van der Waals surface area (Å²) in [5.41, 5.74) is 0. The molecule has 0 radical (unpaired) electrons. The number of hydrogen-bond donors (Lipinski definition) is 0. The van der Waals surface area contributed by atoms with Gasteiger partial charge >= 0.3 is 0 Å². The molecule has 0 aliphatic carbocycles. The van der Waals surface area contributed by atoms with Gasteiger partial charge in [-0.25, -0.2) is 0 Å². The molecule has 0 aromatic carbocycles. The number of carbonyl (C=O) groups excluding carboxylic acids is 3. The zero-order valence-electron chi connectivity index (χ0n) is 16.5. The van der Waals surface area contributed by atoms with Crippen LogP contribution in [0.15, 0.2) is 17.5 Å². The normalized spacial score (nSPS) is 27.8. The average molecular weight is 404 g/mol. The highest BCUT2D eigenvalue weighted by atomic mass is 32.1. The minimum absolute atomic E-state index is 0.00317. The summed E-state index contributed by atoms with van der Waals surface area (Å²) in [5.74, 6) is 0.0977. The fourth-order valence-corrected chi connectivity index (χ4v) is 5.80. The molecule has 7 heteroatoms. The number of rotatable bonds is 4. The Balaban J connectivity index is 1.46. The third-order valence-electron chi connectivity index (χ3n) is 6.45. The van der Waals surface area contributed by atoms with E-state index >= 15 is 0 Å². The van der Waals surface area contributed by atoms with E-state index in [4.69, 9.17) is 0 Å².